The second-order valence-electron chi connectivity index (χ2n) is 5.98. The number of benzene rings is 1. The Morgan fingerprint density at radius 1 is 1.31 bits per heavy atom. The number of carbonyl (C=O) groups is 1. The maximum absolute atomic E-state index is 14.8. The van der Waals surface area contributed by atoms with Gasteiger partial charge >= 0.3 is 0 Å². The third-order valence-electron chi connectivity index (χ3n) is 3.99. The minimum Gasteiger partial charge on any atom is -0.294 e. The van der Waals surface area contributed by atoms with Crippen molar-refractivity contribution in [3.63, 3.8) is 0 Å². The lowest BCUT2D eigenvalue weighted by molar-refractivity contribution is -0.115. The zero-order valence-corrected chi connectivity index (χ0v) is 15.1. The van der Waals surface area contributed by atoms with E-state index < -0.39 is 5.82 Å². The molecule has 0 amide bonds. The largest absolute Gasteiger partial charge is 0.294 e. The van der Waals surface area contributed by atoms with E-state index in [-0.39, 0.29) is 16.9 Å². The maximum Gasteiger partial charge on any atom is 0.161 e. The van der Waals surface area contributed by atoms with Crippen LogP contribution < -0.4 is 0 Å². The number of halogens is 1. The van der Waals surface area contributed by atoms with Gasteiger partial charge in [0.1, 0.15) is 5.82 Å². The summed E-state index contributed by atoms with van der Waals surface area (Å²) in [7, 11) is 0. The zero-order chi connectivity index (χ0) is 19.1. The van der Waals surface area contributed by atoms with E-state index in [0.29, 0.717) is 36.2 Å². The van der Waals surface area contributed by atoms with Crippen LogP contribution >= 0.6 is 0 Å². The summed E-state index contributed by atoms with van der Waals surface area (Å²) >= 11 is 0. The van der Waals surface area contributed by atoms with Gasteiger partial charge in [-0.15, -0.1) is 0 Å². The second kappa shape index (κ2) is 8.91. The number of hydrogen-bond donors (Lipinski definition) is 0. The molecule has 0 aliphatic carbocycles. The molecule has 0 atom stereocenters. The Morgan fingerprint density at radius 3 is 2.62 bits per heavy atom. The number of ketones is 1. The van der Waals surface area contributed by atoms with Crippen molar-refractivity contribution in [2.45, 2.75) is 39.5 Å². The molecule has 1 aliphatic rings. The van der Waals surface area contributed by atoms with Gasteiger partial charge in [-0.05, 0) is 43.2 Å². The molecule has 1 heterocycles. The first-order valence-electron chi connectivity index (χ1n) is 8.69. The molecule has 0 spiro atoms. The first kappa shape index (κ1) is 19.3. The molecule has 26 heavy (non-hydrogen) atoms. The van der Waals surface area contributed by atoms with E-state index in [0.717, 1.165) is 6.42 Å². The minimum absolute atomic E-state index is 0.0225. The van der Waals surface area contributed by atoms with Crippen molar-refractivity contribution in [1.29, 1.82) is 5.26 Å². The third kappa shape index (κ3) is 4.15. The van der Waals surface area contributed by atoms with Crippen LogP contribution in [0.2, 0.25) is 0 Å². The zero-order valence-electron chi connectivity index (χ0n) is 15.1. The number of rotatable bonds is 7. The molecule has 1 aliphatic heterocycles. The summed E-state index contributed by atoms with van der Waals surface area (Å²) in [5, 5.41) is 14.8. The molecule has 0 bridgehead atoms. The number of Topliss-reactive ketones (excluding diaryl/α,β-unsaturated/α-hetero) is 1. The summed E-state index contributed by atoms with van der Waals surface area (Å²) in [6.45, 7) is 7.87. The van der Waals surface area contributed by atoms with E-state index in [1.54, 1.807) is 24.4 Å². The maximum atomic E-state index is 14.8. The summed E-state index contributed by atoms with van der Waals surface area (Å²) in [5.41, 5.74) is 1.95. The average Bonchev–Trinajstić information content (AvgIpc) is 2.63. The Morgan fingerprint density at radius 2 is 2.04 bits per heavy atom. The fourth-order valence-corrected chi connectivity index (χ4v) is 2.80. The molecule has 5 heteroatoms. The van der Waals surface area contributed by atoms with Crippen LogP contribution in [0.4, 0.5) is 4.39 Å². The van der Waals surface area contributed by atoms with Crippen LogP contribution in [0.5, 0.6) is 0 Å². The highest BCUT2D eigenvalue weighted by molar-refractivity contribution is 6.02. The smallest absolute Gasteiger partial charge is 0.161 e. The Hall–Kier alpha value is -3.00. The number of carbonyl (C=O) groups excluding carboxylic acids is 1. The van der Waals surface area contributed by atoms with E-state index in [1.165, 1.54) is 17.1 Å². The average molecular weight is 351 g/mol. The highest BCUT2D eigenvalue weighted by atomic mass is 19.1. The standard InChI is InChI=1S/C21H22FN3O/c1-4-7-18(20(26)8-5-2)21(25-15(3)9-6-12-24-25)17-11-10-16(14-23)13-19(17)22/h6,9-13H,3-5,7-8H2,1-2H3/b21-18+. The number of nitriles is 1. The normalized spacial score (nSPS) is 14.2. The Balaban J connectivity index is 2.72. The van der Waals surface area contributed by atoms with Crippen LogP contribution in [0.25, 0.3) is 5.70 Å². The summed E-state index contributed by atoms with van der Waals surface area (Å²) in [5.74, 6) is -0.583. The van der Waals surface area contributed by atoms with Gasteiger partial charge in [-0.1, -0.05) is 26.8 Å². The molecule has 1 aromatic carbocycles. The van der Waals surface area contributed by atoms with E-state index in [1.807, 2.05) is 19.9 Å². The summed E-state index contributed by atoms with van der Waals surface area (Å²) in [6, 6.07) is 6.17. The summed E-state index contributed by atoms with van der Waals surface area (Å²) in [4.78, 5) is 12.8. The summed E-state index contributed by atoms with van der Waals surface area (Å²) < 4.78 is 14.8. The van der Waals surface area contributed by atoms with Gasteiger partial charge in [0.2, 0.25) is 0 Å². The van der Waals surface area contributed by atoms with Crippen LogP contribution in [0.3, 0.4) is 0 Å². The summed E-state index contributed by atoms with van der Waals surface area (Å²) in [6.07, 6.45) is 7.41. The van der Waals surface area contributed by atoms with Crippen molar-refractivity contribution in [3.05, 3.63) is 65.1 Å². The van der Waals surface area contributed by atoms with Gasteiger partial charge in [-0.25, -0.2) is 9.40 Å². The topological polar surface area (TPSA) is 56.5 Å². The highest BCUT2D eigenvalue weighted by Crippen LogP contribution is 2.33. The van der Waals surface area contributed by atoms with E-state index in [2.05, 4.69) is 11.7 Å². The van der Waals surface area contributed by atoms with Crippen molar-refractivity contribution < 1.29 is 9.18 Å². The lowest BCUT2D eigenvalue weighted by Crippen LogP contribution is -2.21. The lowest BCUT2D eigenvalue weighted by atomic mass is 9.95. The molecule has 134 valence electrons. The first-order valence-corrected chi connectivity index (χ1v) is 8.69. The fourth-order valence-electron chi connectivity index (χ4n) is 2.80. The van der Waals surface area contributed by atoms with Crippen LogP contribution in [-0.4, -0.2) is 17.0 Å². The molecular weight excluding hydrogens is 329 g/mol. The van der Waals surface area contributed by atoms with Crippen LogP contribution in [0.1, 0.15) is 50.7 Å². The van der Waals surface area contributed by atoms with E-state index in [9.17, 15) is 9.18 Å². The van der Waals surface area contributed by atoms with Crippen molar-refractivity contribution in [3.8, 4) is 6.07 Å². The van der Waals surface area contributed by atoms with E-state index >= 15 is 0 Å². The Kier molecular flexibility index (Phi) is 6.62. The van der Waals surface area contributed by atoms with Gasteiger partial charge in [0.15, 0.2) is 5.78 Å². The molecule has 0 radical (unpaired) electrons. The SMILES string of the molecule is C=C1C=CC=NN1/C(=C(\CCC)C(=O)CCC)c1ccc(C#N)cc1F. The monoisotopic (exact) mass is 351 g/mol. The lowest BCUT2D eigenvalue weighted by Gasteiger charge is -2.27. The molecule has 0 fully saturated rings. The van der Waals surface area contributed by atoms with Crippen LogP contribution in [0, 0.1) is 17.1 Å². The van der Waals surface area contributed by atoms with Crippen molar-refractivity contribution >= 4 is 17.7 Å². The van der Waals surface area contributed by atoms with Gasteiger partial charge in [-0.2, -0.15) is 10.4 Å². The third-order valence-corrected chi connectivity index (χ3v) is 3.99. The Labute approximate surface area is 153 Å². The quantitative estimate of drug-likeness (QED) is 0.653. The van der Waals surface area contributed by atoms with Gasteiger partial charge in [-0.3, -0.25) is 4.79 Å². The number of hydrogen-bond acceptors (Lipinski definition) is 4. The molecule has 0 N–H and O–H groups in total. The van der Waals surface area contributed by atoms with Crippen molar-refractivity contribution in [1.82, 2.24) is 5.01 Å². The predicted molar refractivity (Wildman–Crippen MR) is 101 cm³/mol. The molecule has 0 unspecified atom stereocenters. The minimum atomic E-state index is -0.561. The fraction of sp³-hybridized carbons (Fsp3) is 0.286. The molecule has 2 rings (SSSR count). The van der Waals surface area contributed by atoms with Crippen LogP contribution in [-0.2, 0) is 4.79 Å². The molecule has 0 saturated carbocycles. The van der Waals surface area contributed by atoms with Gasteiger partial charge in [0.05, 0.1) is 23.0 Å². The predicted octanol–water partition coefficient (Wildman–Crippen LogP) is 4.95. The molecule has 1 aromatic rings. The van der Waals surface area contributed by atoms with Crippen molar-refractivity contribution in [2.24, 2.45) is 5.10 Å². The number of hydrazone groups is 1. The number of allylic oxidation sites excluding steroid dienone is 3. The van der Waals surface area contributed by atoms with Gasteiger partial charge < -0.3 is 0 Å². The van der Waals surface area contributed by atoms with Gasteiger partial charge in [0, 0.05) is 23.8 Å². The molecular formula is C21H22FN3O. The van der Waals surface area contributed by atoms with Gasteiger partial charge in [0.25, 0.3) is 0 Å². The van der Waals surface area contributed by atoms with Crippen molar-refractivity contribution in [2.75, 3.05) is 0 Å². The molecule has 4 nitrogen and oxygen atoms in total. The molecule has 0 aromatic heterocycles. The Bertz CT molecular complexity index is 843. The van der Waals surface area contributed by atoms with Crippen LogP contribution in [0.15, 0.2) is 53.3 Å². The number of nitrogens with zero attached hydrogens (tertiary/aromatic N) is 3. The highest BCUT2D eigenvalue weighted by Gasteiger charge is 2.25. The second-order valence-corrected chi connectivity index (χ2v) is 5.98. The van der Waals surface area contributed by atoms with E-state index in [4.69, 9.17) is 5.26 Å². The first-order chi connectivity index (χ1) is 12.5. The molecule has 0 saturated heterocycles.